The van der Waals surface area contributed by atoms with Crippen molar-refractivity contribution in [3.63, 3.8) is 0 Å². The Balaban J connectivity index is 1.72. The molecule has 104 valence electrons. The molecule has 0 radical (unpaired) electrons. The maximum absolute atomic E-state index is 12.5. The van der Waals surface area contributed by atoms with Gasteiger partial charge in [0.15, 0.2) is 5.78 Å². The van der Waals surface area contributed by atoms with E-state index in [0.717, 1.165) is 36.0 Å². The van der Waals surface area contributed by atoms with Gasteiger partial charge in [0.2, 0.25) is 0 Å². The first kappa shape index (κ1) is 13.3. The molecule has 20 heavy (non-hydrogen) atoms. The van der Waals surface area contributed by atoms with Gasteiger partial charge in [-0.25, -0.2) is 0 Å². The Morgan fingerprint density at radius 1 is 1.30 bits per heavy atom. The van der Waals surface area contributed by atoms with Gasteiger partial charge in [0.1, 0.15) is 0 Å². The third kappa shape index (κ3) is 2.88. The number of nitrogens with zero attached hydrogens (tertiary/aromatic N) is 1. The summed E-state index contributed by atoms with van der Waals surface area (Å²) in [7, 11) is 0. The zero-order chi connectivity index (χ0) is 13.8. The summed E-state index contributed by atoms with van der Waals surface area (Å²) in [5, 5.41) is 4.38. The van der Waals surface area contributed by atoms with E-state index in [0.29, 0.717) is 12.3 Å². The number of Topliss-reactive ketones (excluding diaryl/α,β-unsaturated/α-hetero) is 1. The van der Waals surface area contributed by atoms with Crippen LogP contribution in [-0.4, -0.2) is 23.9 Å². The van der Waals surface area contributed by atoms with E-state index in [2.05, 4.69) is 10.3 Å². The molecule has 1 saturated heterocycles. The zero-order valence-electron chi connectivity index (χ0n) is 11.6. The fourth-order valence-electron chi connectivity index (χ4n) is 2.98. The van der Waals surface area contributed by atoms with Gasteiger partial charge in [-0.05, 0) is 50.4 Å². The highest BCUT2D eigenvalue weighted by Crippen LogP contribution is 2.21. The monoisotopic (exact) mass is 268 g/mol. The summed E-state index contributed by atoms with van der Waals surface area (Å²) in [4.78, 5) is 16.8. The summed E-state index contributed by atoms with van der Waals surface area (Å²) >= 11 is 0. The standard InChI is InChI=1S/C17H20N2O/c20-17(8-7-13-4-3-10-18-12-13)15-9-11-19-16-6-2-1-5-14(15)16/h1-2,5-6,9,11,13,18H,3-4,7-8,10,12H2. The molecule has 1 aromatic carbocycles. The number of ketones is 1. The van der Waals surface area contributed by atoms with Crippen LogP contribution in [0.15, 0.2) is 36.5 Å². The Hall–Kier alpha value is -1.74. The van der Waals surface area contributed by atoms with Crippen molar-refractivity contribution >= 4 is 16.7 Å². The first-order valence-corrected chi connectivity index (χ1v) is 7.42. The van der Waals surface area contributed by atoms with Crippen molar-refractivity contribution in [2.75, 3.05) is 13.1 Å². The molecule has 1 unspecified atom stereocenters. The van der Waals surface area contributed by atoms with Gasteiger partial charge in [-0.3, -0.25) is 9.78 Å². The first-order chi connectivity index (χ1) is 9.84. The number of hydrogen-bond donors (Lipinski definition) is 1. The molecule has 3 nitrogen and oxygen atoms in total. The molecule has 1 aromatic heterocycles. The second-order valence-corrected chi connectivity index (χ2v) is 5.55. The molecule has 2 aromatic rings. The van der Waals surface area contributed by atoms with E-state index in [1.54, 1.807) is 6.20 Å². The lowest BCUT2D eigenvalue weighted by Crippen LogP contribution is -2.30. The van der Waals surface area contributed by atoms with Gasteiger partial charge in [0.05, 0.1) is 5.52 Å². The Bertz CT molecular complexity index is 597. The molecular formula is C17H20N2O. The Labute approximate surface area is 119 Å². The van der Waals surface area contributed by atoms with Crippen LogP contribution in [0, 0.1) is 5.92 Å². The minimum Gasteiger partial charge on any atom is -0.316 e. The van der Waals surface area contributed by atoms with Gasteiger partial charge in [-0.1, -0.05) is 18.2 Å². The molecule has 1 aliphatic rings. The summed E-state index contributed by atoms with van der Waals surface area (Å²) in [6.07, 6.45) is 5.84. The molecule has 0 spiro atoms. The van der Waals surface area contributed by atoms with Gasteiger partial charge >= 0.3 is 0 Å². The highest BCUT2D eigenvalue weighted by atomic mass is 16.1. The number of carbonyl (C=O) groups is 1. The van der Waals surface area contributed by atoms with E-state index in [1.807, 2.05) is 30.3 Å². The molecular weight excluding hydrogens is 248 g/mol. The van der Waals surface area contributed by atoms with Crippen molar-refractivity contribution in [1.82, 2.24) is 10.3 Å². The molecule has 1 atom stereocenters. The number of pyridine rings is 1. The van der Waals surface area contributed by atoms with Crippen LogP contribution >= 0.6 is 0 Å². The van der Waals surface area contributed by atoms with Crippen LogP contribution in [0.2, 0.25) is 0 Å². The predicted molar refractivity (Wildman–Crippen MR) is 80.9 cm³/mol. The molecule has 0 amide bonds. The summed E-state index contributed by atoms with van der Waals surface area (Å²) in [6, 6.07) is 9.71. The lowest BCUT2D eigenvalue weighted by atomic mass is 9.92. The van der Waals surface area contributed by atoms with Crippen LogP contribution in [0.3, 0.4) is 0 Å². The minimum absolute atomic E-state index is 0.245. The molecule has 2 heterocycles. The molecule has 0 bridgehead atoms. The van der Waals surface area contributed by atoms with E-state index in [1.165, 1.54) is 12.8 Å². The first-order valence-electron chi connectivity index (χ1n) is 7.42. The molecule has 1 fully saturated rings. The molecule has 1 aliphatic heterocycles. The van der Waals surface area contributed by atoms with Crippen LogP contribution in [0.4, 0.5) is 0 Å². The Kier molecular flexibility index (Phi) is 4.07. The number of rotatable bonds is 4. The number of benzene rings is 1. The van der Waals surface area contributed by atoms with Crippen molar-refractivity contribution in [1.29, 1.82) is 0 Å². The second-order valence-electron chi connectivity index (χ2n) is 5.55. The van der Waals surface area contributed by atoms with Crippen molar-refractivity contribution in [2.24, 2.45) is 5.92 Å². The Morgan fingerprint density at radius 2 is 2.20 bits per heavy atom. The summed E-state index contributed by atoms with van der Waals surface area (Å²) in [5.41, 5.74) is 1.72. The second kappa shape index (κ2) is 6.14. The van der Waals surface area contributed by atoms with Gasteiger partial charge in [-0.2, -0.15) is 0 Å². The highest BCUT2D eigenvalue weighted by Gasteiger charge is 2.16. The number of carbonyl (C=O) groups excluding carboxylic acids is 1. The van der Waals surface area contributed by atoms with E-state index in [-0.39, 0.29) is 5.78 Å². The molecule has 1 N–H and O–H groups in total. The lowest BCUT2D eigenvalue weighted by molar-refractivity contribution is 0.0973. The zero-order valence-corrected chi connectivity index (χ0v) is 11.6. The number of aromatic nitrogens is 1. The molecule has 0 saturated carbocycles. The fourth-order valence-corrected chi connectivity index (χ4v) is 2.98. The Morgan fingerprint density at radius 3 is 3.05 bits per heavy atom. The van der Waals surface area contributed by atoms with Crippen LogP contribution in [0.1, 0.15) is 36.0 Å². The van der Waals surface area contributed by atoms with Gasteiger partial charge < -0.3 is 5.32 Å². The van der Waals surface area contributed by atoms with Crippen molar-refractivity contribution in [3.8, 4) is 0 Å². The number of para-hydroxylation sites is 1. The highest BCUT2D eigenvalue weighted by molar-refractivity contribution is 6.07. The third-order valence-electron chi connectivity index (χ3n) is 4.13. The van der Waals surface area contributed by atoms with Crippen LogP contribution in [0.5, 0.6) is 0 Å². The topological polar surface area (TPSA) is 42.0 Å². The van der Waals surface area contributed by atoms with Crippen molar-refractivity contribution < 1.29 is 4.79 Å². The van der Waals surface area contributed by atoms with Gasteiger partial charge in [-0.15, -0.1) is 0 Å². The minimum atomic E-state index is 0.245. The number of nitrogens with one attached hydrogen (secondary N) is 1. The summed E-state index contributed by atoms with van der Waals surface area (Å²) < 4.78 is 0. The van der Waals surface area contributed by atoms with E-state index in [4.69, 9.17) is 0 Å². The van der Waals surface area contributed by atoms with Gasteiger partial charge in [0, 0.05) is 23.6 Å². The number of piperidine rings is 1. The fraction of sp³-hybridized carbons (Fsp3) is 0.412. The van der Waals surface area contributed by atoms with Crippen LogP contribution in [0.25, 0.3) is 10.9 Å². The molecule has 0 aliphatic carbocycles. The number of fused-ring (bicyclic) bond motifs is 1. The molecule has 3 heteroatoms. The van der Waals surface area contributed by atoms with Crippen molar-refractivity contribution in [3.05, 3.63) is 42.1 Å². The van der Waals surface area contributed by atoms with Crippen molar-refractivity contribution in [2.45, 2.75) is 25.7 Å². The lowest BCUT2D eigenvalue weighted by Gasteiger charge is -2.22. The largest absolute Gasteiger partial charge is 0.316 e. The van der Waals surface area contributed by atoms with Crippen LogP contribution in [-0.2, 0) is 0 Å². The predicted octanol–water partition coefficient (Wildman–Crippen LogP) is 3.20. The third-order valence-corrected chi connectivity index (χ3v) is 4.13. The van der Waals surface area contributed by atoms with E-state index >= 15 is 0 Å². The average Bonchev–Trinajstić information content (AvgIpc) is 2.53. The normalized spacial score (nSPS) is 19.1. The maximum atomic E-state index is 12.5. The molecule has 3 rings (SSSR count). The van der Waals surface area contributed by atoms with Gasteiger partial charge in [0.25, 0.3) is 0 Å². The average molecular weight is 268 g/mol. The SMILES string of the molecule is O=C(CCC1CCCNC1)c1ccnc2ccccc12. The van der Waals surface area contributed by atoms with E-state index in [9.17, 15) is 4.79 Å². The smallest absolute Gasteiger partial charge is 0.163 e. The van der Waals surface area contributed by atoms with E-state index < -0.39 is 0 Å². The van der Waals surface area contributed by atoms with Crippen LogP contribution < -0.4 is 5.32 Å². The quantitative estimate of drug-likeness (QED) is 0.866. The maximum Gasteiger partial charge on any atom is 0.163 e. The summed E-state index contributed by atoms with van der Waals surface area (Å²) in [5.74, 6) is 0.898. The number of hydrogen-bond acceptors (Lipinski definition) is 3. The summed E-state index contributed by atoms with van der Waals surface area (Å²) in [6.45, 7) is 2.18.